The summed E-state index contributed by atoms with van der Waals surface area (Å²) in [6, 6.07) is 0. The van der Waals surface area contributed by atoms with Gasteiger partial charge in [0.1, 0.15) is 0 Å². The van der Waals surface area contributed by atoms with Crippen LogP contribution < -0.4 is 10.6 Å². The molecule has 0 aromatic carbocycles. The number of thiophene rings is 1. The molecule has 0 amide bonds. The van der Waals surface area contributed by atoms with Crippen molar-refractivity contribution in [2.45, 2.75) is 25.4 Å². The van der Waals surface area contributed by atoms with Crippen LogP contribution >= 0.6 is 11.3 Å². The van der Waals surface area contributed by atoms with Crippen molar-refractivity contribution in [3.63, 3.8) is 0 Å². The van der Waals surface area contributed by atoms with Crippen LogP contribution in [0.15, 0.2) is 0 Å². The third-order valence-corrected chi connectivity index (χ3v) is 7.59. The van der Waals surface area contributed by atoms with Crippen LogP contribution in [-0.4, -0.2) is 54.3 Å². The molecular formula is C18H22F3N5S. The molecule has 9 heteroatoms. The Morgan fingerprint density at radius 2 is 1.81 bits per heavy atom. The lowest BCUT2D eigenvalue weighted by Gasteiger charge is -2.24. The first-order valence-electron chi connectivity index (χ1n) is 9.37. The molecule has 5 rings (SSSR count). The van der Waals surface area contributed by atoms with Gasteiger partial charge in [-0.05, 0) is 43.7 Å². The quantitative estimate of drug-likeness (QED) is 0.802. The number of alkyl halides is 3. The van der Waals surface area contributed by atoms with Crippen LogP contribution in [0.4, 0.5) is 24.9 Å². The van der Waals surface area contributed by atoms with E-state index in [-0.39, 0.29) is 18.8 Å². The van der Waals surface area contributed by atoms with Crippen molar-refractivity contribution < 1.29 is 13.2 Å². The molecule has 0 radical (unpaired) electrons. The summed E-state index contributed by atoms with van der Waals surface area (Å²) in [5.74, 6) is 0.916. The van der Waals surface area contributed by atoms with E-state index in [1.54, 1.807) is 11.3 Å². The number of hydrogen-bond acceptors (Lipinski definition) is 6. The van der Waals surface area contributed by atoms with Crippen molar-refractivity contribution in [1.82, 2.24) is 14.9 Å². The highest BCUT2D eigenvalue weighted by atomic mass is 32.1. The van der Waals surface area contributed by atoms with Crippen molar-refractivity contribution in [2.75, 3.05) is 43.9 Å². The molecule has 2 saturated heterocycles. The zero-order valence-electron chi connectivity index (χ0n) is 15.1. The SMILES string of the molecule is CN1C[C@@H]2CN(c3nc(N)nc4c5c(sc34)CCC(C(F)(F)F)C5)C[C@@H]2C1. The summed E-state index contributed by atoms with van der Waals surface area (Å²) in [6.45, 7) is 4.01. The first-order valence-corrected chi connectivity index (χ1v) is 10.2. The minimum absolute atomic E-state index is 0.00473. The van der Waals surface area contributed by atoms with Gasteiger partial charge in [-0.1, -0.05) is 0 Å². The summed E-state index contributed by atoms with van der Waals surface area (Å²) in [5.41, 5.74) is 7.34. The molecule has 2 aromatic heterocycles. The Labute approximate surface area is 159 Å². The first-order chi connectivity index (χ1) is 12.8. The molecule has 2 aromatic rings. The monoisotopic (exact) mass is 397 g/mol. The summed E-state index contributed by atoms with van der Waals surface area (Å²) < 4.78 is 40.6. The number of nitrogens with two attached hydrogens (primary N) is 1. The smallest absolute Gasteiger partial charge is 0.368 e. The van der Waals surface area contributed by atoms with Gasteiger partial charge in [0.25, 0.3) is 0 Å². The largest absolute Gasteiger partial charge is 0.392 e. The fraction of sp³-hybridized carbons (Fsp3) is 0.667. The van der Waals surface area contributed by atoms with Crippen molar-refractivity contribution >= 4 is 33.3 Å². The lowest BCUT2D eigenvalue weighted by molar-refractivity contribution is -0.176. The third kappa shape index (κ3) is 2.86. The number of hydrogen-bond donors (Lipinski definition) is 1. The summed E-state index contributed by atoms with van der Waals surface area (Å²) in [5, 5.41) is 0. The molecule has 2 aliphatic heterocycles. The number of likely N-dealkylation sites (tertiary alicyclic amines) is 1. The first kappa shape index (κ1) is 17.5. The van der Waals surface area contributed by atoms with Crippen molar-refractivity contribution in [2.24, 2.45) is 17.8 Å². The maximum Gasteiger partial charge on any atom is 0.392 e. The molecular weight excluding hydrogens is 375 g/mol. The summed E-state index contributed by atoms with van der Waals surface area (Å²) >= 11 is 1.56. The van der Waals surface area contributed by atoms with E-state index in [0.29, 0.717) is 23.8 Å². The molecule has 2 N–H and O–H groups in total. The second-order valence-electron chi connectivity index (χ2n) is 8.21. The van der Waals surface area contributed by atoms with Gasteiger partial charge in [-0.3, -0.25) is 0 Å². The van der Waals surface area contributed by atoms with Gasteiger partial charge < -0.3 is 15.5 Å². The highest BCUT2D eigenvalue weighted by Gasteiger charge is 2.43. The van der Waals surface area contributed by atoms with Crippen LogP contribution in [0.25, 0.3) is 10.2 Å². The molecule has 3 atom stereocenters. The third-order valence-electron chi connectivity index (χ3n) is 6.31. The fourth-order valence-corrected chi connectivity index (χ4v) is 6.33. The van der Waals surface area contributed by atoms with Crippen LogP contribution in [0.1, 0.15) is 16.9 Å². The number of anilines is 2. The van der Waals surface area contributed by atoms with E-state index in [1.807, 2.05) is 0 Å². The predicted octanol–water partition coefficient (Wildman–Crippen LogP) is 2.94. The number of aromatic nitrogens is 2. The average molecular weight is 397 g/mol. The summed E-state index contributed by atoms with van der Waals surface area (Å²) in [7, 11) is 2.15. The zero-order valence-corrected chi connectivity index (χ0v) is 15.9. The van der Waals surface area contributed by atoms with Gasteiger partial charge in [0, 0.05) is 31.1 Å². The van der Waals surface area contributed by atoms with E-state index in [0.717, 1.165) is 47.1 Å². The van der Waals surface area contributed by atoms with Crippen molar-refractivity contribution in [3.8, 4) is 0 Å². The molecule has 1 aliphatic carbocycles. The van der Waals surface area contributed by atoms with Gasteiger partial charge in [0.05, 0.1) is 16.1 Å². The Hall–Kier alpha value is -1.61. The number of aryl methyl sites for hydroxylation is 1. The maximum atomic E-state index is 13.2. The minimum atomic E-state index is -4.16. The molecule has 0 bridgehead atoms. The molecule has 27 heavy (non-hydrogen) atoms. The number of rotatable bonds is 1. The molecule has 2 fully saturated rings. The second kappa shape index (κ2) is 5.94. The highest BCUT2D eigenvalue weighted by molar-refractivity contribution is 7.19. The summed E-state index contributed by atoms with van der Waals surface area (Å²) in [4.78, 5) is 14.5. The lowest BCUT2D eigenvalue weighted by Crippen LogP contribution is -2.28. The van der Waals surface area contributed by atoms with Gasteiger partial charge in [0.15, 0.2) is 5.82 Å². The molecule has 5 nitrogen and oxygen atoms in total. The Kier molecular flexibility index (Phi) is 3.85. The Bertz CT molecular complexity index is 881. The zero-order chi connectivity index (χ0) is 18.9. The molecule has 1 unspecified atom stereocenters. The van der Waals surface area contributed by atoms with Crippen molar-refractivity contribution in [3.05, 3.63) is 10.4 Å². The van der Waals surface area contributed by atoms with E-state index in [2.05, 4.69) is 26.8 Å². The van der Waals surface area contributed by atoms with Crippen LogP contribution in [0, 0.1) is 17.8 Å². The second-order valence-corrected chi connectivity index (χ2v) is 9.32. The molecule has 146 valence electrons. The van der Waals surface area contributed by atoms with E-state index >= 15 is 0 Å². The standard InChI is InChI=1S/C18H22F3N5S/c1-25-5-9-7-26(8-10(9)6-25)16-15-14(23-17(22)24-16)12-4-11(18(19,20)21)2-3-13(12)27-15/h9-11H,2-8H2,1H3,(H2,22,23,24)/t9-,10+,11?. The van der Waals surface area contributed by atoms with Crippen LogP contribution in [-0.2, 0) is 12.8 Å². The van der Waals surface area contributed by atoms with Gasteiger partial charge in [-0.25, -0.2) is 4.98 Å². The van der Waals surface area contributed by atoms with E-state index in [9.17, 15) is 13.2 Å². The summed E-state index contributed by atoms with van der Waals surface area (Å²) in [6.07, 6.45) is -3.55. The Morgan fingerprint density at radius 1 is 1.11 bits per heavy atom. The maximum absolute atomic E-state index is 13.2. The predicted molar refractivity (Wildman–Crippen MR) is 100 cm³/mol. The van der Waals surface area contributed by atoms with E-state index in [1.165, 1.54) is 0 Å². The number of nitrogens with zero attached hydrogens (tertiary/aromatic N) is 4. The van der Waals surface area contributed by atoms with Crippen molar-refractivity contribution in [1.29, 1.82) is 0 Å². The molecule has 0 spiro atoms. The minimum Gasteiger partial charge on any atom is -0.368 e. The van der Waals surface area contributed by atoms with Gasteiger partial charge >= 0.3 is 6.18 Å². The van der Waals surface area contributed by atoms with Crippen LogP contribution in [0.3, 0.4) is 0 Å². The molecule has 3 aliphatic rings. The normalized spacial score (nSPS) is 28.7. The van der Waals surface area contributed by atoms with Gasteiger partial charge in [-0.15, -0.1) is 11.3 Å². The average Bonchev–Trinajstić information content (AvgIpc) is 3.23. The highest BCUT2D eigenvalue weighted by Crippen LogP contribution is 2.45. The molecule has 0 saturated carbocycles. The number of fused-ring (bicyclic) bond motifs is 4. The van der Waals surface area contributed by atoms with E-state index < -0.39 is 12.1 Å². The Morgan fingerprint density at radius 3 is 2.48 bits per heavy atom. The van der Waals surface area contributed by atoms with E-state index in [4.69, 9.17) is 5.73 Å². The Balaban J connectivity index is 1.53. The topological polar surface area (TPSA) is 58.3 Å². The fourth-order valence-electron chi connectivity index (χ4n) is 5.03. The van der Waals surface area contributed by atoms with Crippen LogP contribution in [0.5, 0.6) is 0 Å². The number of nitrogen functional groups attached to an aromatic ring is 1. The number of halogens is 3. The van der Waals surface area contributed by atoms with Crippen LogP contribution in [0.2, 0.25) is 0 Å². The molecule has 4 heterocycles. The van der Waals surface area contributed by atoms with Gasteiger partial charge in [0.2, 0.25) is 5.95 Å². The van der Waals surface area contributed by atoms with Gasteiger partial charge in [-0.2, -0.15) is 18.2 Å². The lowest BCUT2D eigenvalue weighted by atomic mass is 9.87.